The molecule has 0 aromatic heterocycles. The quantitative estimate of drug-likeness (QED) is 0.626. The predicted octanol–water partition coefficient (Wildman–Crippen LogP) is 2.56. The summed E-state index contributed by atoms with van der Waals surface area (Å²) in [5.74, 6) is -0.230. The second-order valence-electron chi connectivity index (χ2n) is 5.76. The van der Waals surface area contributed by atoms with Gasteiger partial charge in [-0.25, -0.2) is 0 Å². The highest BCUT2D eigenvalue weighted by Crippen LogP contribution is 2.19. The van der Waals surface area contributed by atoms with Crippen molar-refractivity contribution < 1.29 is 9.72 Å². The van der Waals surface area contributed by atoms with E-state index in [0.29, 0.717) is 12.1 Å². The highest BCUT2D eigenvalue weighted by molar-refractivity contribution is 5.79. The van der Waals surface area contributed by atoms with Gasteiger partial charge in [-0.3, -0.25) is 14.9 Å². The van der Waals surface area contributed by atoms with Crippen molar-refractivity contribution in [2.45, 2.75) is 12.5 Å². The van der Waals surface area contributed by atoms with Crippen molar-refractivity contribution in [2.75, 3.05) is 20.6 Å². The van der Waals surface area contributed by atoms with Crippen LogP contribution in [0.3, 0.4) is 0 Å². The largest absolute Gasteiger partial charge is 0.354 e. The number of para-hydroxylation sites is 1. The van der Waals surface area contributed by atoms with E-state index in [9.17, 15) is 14.9 Å². The van der Waals surface area contributed by atoms with Gasteiger partial charge in [0.15, 0.2) is 0 Å². The zero-order valence-corrected chi connectivity index (χ0v) is 13.8. The van der Waals surface area contributed by atoms with Gasteiger partial charge in [0, 0.05) is 18.2 Å². The van der Waals surface area contributed by atoms with Gasteiger partial charge in [0.05, 0.1) is 17.4 Å². The van der Waals surface area contributed by atoms with E-state index in [1.807, 2.05) is 49.3 Å². The zero-order chi connectivity index (χ0) is 17.5. The zero-order valence-electron chi connectivity index (χ0n) is 13.8. The van der Waals surface area contributed by atoms with E-state index < -0.39 is 4.92 Å². The lowest BCUT2D eigenvalue weighted by Crippen LogP contribution is -2.35. The SMILES string of the molecule is CN(C)C(CNC(=O)Cc1ccccc1[N+](=O)[O-])c1ccccc1. The fourth-order valence-corrected chi connectivity index (χ4v) is 2.56. The Morgan fingerprint density at radius 1 is 1.12 bits per heavy atom. The number of hydrogen-bond acceptors (Lipinski definition) is 4. The van der Waals surface area contributed by atoms with Crippen LogP contribution in [0.4, 0.5) is 5.69 Å². The van der Waals surface area contributed by atoms with E-state index in [2.05, 4.69) is 5.32 Å². The molecule has 126 valence electrons. The average molecular weight is 327 g/mol. The molecule has 0 radical (unpaired) electrons. The van der Waals surface area contributed by atoms with Crippen molar-refractivity contribution in [1.29, 1.82) is 0 Å². The summed E-state index contributed by atoms with van der Waals surface area (Å²) in [5.41, 5.74) is 1.49. The van der Waals surface area contributed by atoms with Crippen LogP contribution in [0.15, 0.2) is 54.6 Å². The number of likely N-dealkylation sites (N-methyl/N-ethyl adjacent to an activating group) is 1. The Balaban J connectivity index is 2.01. The minimum absolute atomic E-state index is 0.00785. The summed E-state index contributed by atoms with van der Waals surface area (Å²) < 4.78 is 0. The van der Waals surface area contributed by atoms with E-state index in [-0.39, 0.29) is 24.1 Å². The van der Waals surface area contributed by atoms with Gasteiger partial charge >= 0.3 is 0 Å². The van der Waals surface area contributed by atoms with Gasteiger partial charge < -0.3 is 10.2 Å². The smallest absolute Gasteiger partial charge is 0.273 e. The lowest BCUT2D eigenvalue weighted by atomic mass is 10.1. The van der Waals surface area contributed by atoms with Gasteiger partial charge in [-0.15, -0.1) is 0 Å². The third-order valence-corrected chi connectivity index (χ3v) is 3.84. The first-order valence-corrected chi connectivity index (χ1v) is 7.69. The topological polar surface area (TPSA) is 75.5 Å². The van der Waals surface area contributed by atoms with Crippen molar-refractivity contribution in [2.24, 2.45) is 0 Å². The average Bonchev–Trinajstić information content (AvgIpc) is 2.56. The summed E-state index contributed by atoms with van der Waals surface area (Å²) in [6, 6.07) is 16.2. The molecule has 6 nitrogen and oxygen atoms in total. The first kappa shape index (κ1) is 17.6. The number of carbonyl (C=O) groups excluding carboxylic acids is 1. The molecule has 0 saturated heterocycles. The van der Waals surface area contributed by atoms with Crippen molar-refractivity contribution in [1.82, 2.24) is 10.2 Å². The second-order valence-corrected chi connectivity index (χ2v) is 5.76. The molecule has 0 fully saturated rings. The van der Waals surface area contributed by atoms with Crippen LogP contribution in [0.25, 0.3) is 0 Å². The fraction of sp³-hybridized carbons (Fsp3) is 0.278. The summed E-state index contributed by atoms with van der Waals surface area (Å²) in [7, 11) is 3.90. The Kier molecular flexibility index (Phi) is 6.03. The van der Waals surface area contributed by atoms with Gasteiger partial charge in [0.1, 0.15) is 0 Å². The van der Waals surface area contributed by atoms with Crippen molar-refractivity contribution >= 4 is 11.6 Å². The van der Waals surface area contributed by atoms with E-state index >= 15 is 0 Å². The van der Waals surface area contributed by atoms with Gasteiger partial charge in [-0.05, 0) is 19.7 Å². The molecular weight excluding hydrogens is 306 g/mol. The van der Waals surface area contributed by atoms with Crippen LogP contribution >= 0.6 is 0 Å². The summed E-state index contributed by atoms with van der Waals surface area (Å²) in [4.78, 5) is 24.8. The number of nitro benzene ring substituents is 1. The first-order valence-electron chi connectivity index (χ1n) is 7.69. The Labute approximate surface area is 141 Å². The van der Waals surface area contributed by atoms with Crippen LogP contribution < -0.4 is 5.32 Å². The van der Waals surface area contributed by atoms with Crippen LogP contribution in [0.1, 0.15) is 17.2 Å². The maximum atomic E-state index is 12.2. The summed E-state index contributed by atoms with van der Waals surface area (Å²) in [6.45, 7) is 0.441. The molecule has 1 atom stereocenters. The lowest BCUT2D eigenvalue weighted by molar-refractivity contribution is -0.385. The molecule has 0 aliphatic carbocycles. The molecule has 6 heteroatoms. The molecule has 1 amide bonds. The molecule has 0 aliphatic rings. The van der Waals surface area contributed by atoms with E-state index in [4.69, 9.17) is 0 Å². The van der Waals surface area contributed by atoms with Crippen LogP contribution in [0.5, 0.6) is 0 Å². The number of nitrogens with zero attached hydrogens (tertiary/aromatic N) is 2. The molecule has 2 rings (SSSR count). The van der Waals surface area contributed by atoms with Gasteiger partial charge in [0.25, 0.3) is 5.69 Å². The molecule has 2 aromatic carbocycles. The Bertz CT molecular complexity index is 702. The number of benzene rings is 2. The molecule has 1 N–H and O–H groups in total. The minimum Gasteiger partial charge on any atom is -0.354 e. The maximum Gasteiger partial charge on any atom is 0.273 e. The molecule has 2 aromatic rings. The monoisotopic (exact) mass is 327 g/mol. The Morgan fingerprint density at radius 2 is 1.75 bits per heavy atom. The van der Waals surface area contributed by atoms with E-state index in [1.54, 1.807) is 18.2 Å². The standard InChI is InChI=1S/C18H21N3O3/c1-20(2)17(14-8-4-3-5-9-14)13-19-18(22)12-15-10-6-7-11-16(15)21(23)24/h3-11,17H,12-13H2,1-2H3,(H,19,22). The first-order chi connectivity index (χ1) is 11.5. The number of hydrogen-bond donors (Lipinski definition) is 1. The normalized spacial score (nSPS) is 12.0. The minimum atomic E-state index is -0.463. The molecule has 0 spiro atoms. The number of carbonyl (C=O) groups is 1. The molecule has 0 heterocycles. The fourth-order valence-electron chi connectivity index (χ4n) is 2.56. The van der Waals surface area contributed by atoms with Crippen molar-refractivity contribution in [3.8, 4) is 0 Å². The summed E-state index contributed by atoms with van der Waals surface area (Å²) >= 11 is 0. The summed E-state index contributed by atoms with van der Waals surface area (Å²) in [6.07, 6.45) is -0.00785. The molecule has 24 heavy (non-hydrogen) atoms. The Morgan fingerprint density at radius 3 is 2.38 bits per heavy atom. The molecule has 1 unspecified atom stereocenters. The third kappa shape index (κ3) is 4.63. The molecule has 0 bridgehead atoms. The van der Waals surface area contributed by atoms with Gasteiger partial charge in [-0.1, -0.05) is 48.5 Å². The van der Waals surface area contributed by atoms with Crippen LogP contribution in [0.2, 0.25) is 0 Å². The number of amides is 1. The predicted molar refractivity (Wildman–Crippen MR) is 92.7 cm³/mol. The highest BCUT2D eigenvalue weighted by Gasteiger charge is 2.18. The number of rotatable bonds is 7. The molecular formula is C18H21N3O3. The van der Waals surface area contributed by atoms with E-state index in [0.717, 1.165) is 5.56 Å². The van der Waals surface area contributed by atoms with Crippen LogP contribution in [0, 0.1) is 10.1 Å². The summed E-state index contributed by atoms with van der Waals surface area (Å²) in [5, 5.41) is 13.9. The van der Waals surface area contributed by atoms with E-state index in [1.165, 1.54) is 6.07 Å². The number of nitro groups is 1. The van der Waals surface area contributed by atoms with Crippen molar-refractivity contribution in [3.05, 3.63) is 75.8 Å². The molecule has 0 saturated carbocycles. The van der Waals surface area contributed by atoms with Crippen LogP contribution in [-0.2, 0) is 11.2 Å². The highest BCUT2D eigenvalue weighted by atomic mass is 16.6. The molecule has 0 aliphatic heterocycles. The number of nitrogens with one attached hydrogen (secondary N) is 1. The lowest BCUT2D eigenvalue weighted by Gasteiger charge is -2.25. The Hall–Kier alpha value is -2.73. The third-order valence-electron chi connectivity index (χ3n) is 3.84. The van der Waals surface area contributed by atoms with Gasteiger partial charge in [0.2, 0.25) is 5.91 Å². The maximum absolute atomic E-state index is 12.2. The second kappa shape index (κ2) is 8.21. The van der Waals surface area contributed by atoms with Gasteiger partial charge in [-0.2, -0.15) is 0 Å². The van der Waals surface area contributed by atoms with Crippen LogP contribution in [-0.4, -0.2) is 36.4 Å². The van der Waals surface area contributed by atoms with Crippen molar-refractivity contribution in [3.63, 3.8) is 0 Å².